The third-order valence-electron chi connectivity index (χ3n) is 5.57. The molecule has 0 aromatic carbocycles. The number of aromatic nitrogens is 2. The number of amides is 1. The van der Waals surface area contributed by atoms with Crippen molar-refractivity contribution in [2.45, 2.75) is 71.8 Å². The fourth-order valence-corrected chi connectivity index (χ4v) is 3.91. The van der Waals surface area contributed by atoms with E-state index >= 15 is 0 Å². The van der Waals surface area contributed by atoms with Crippen LogP contribution in [0.5, 0.6) is 0 Å². The summed E-state index contributed by atoms with van der Waals surface area (Å²) in [6.07, 6.45) is 5.48. The lowest BCUT2D eigenvalue weighted by Gasteiger charge is -2.31. The van der Waals surface area contributed by atoms with Crippen molar-refractivity contribution in [2.24, 2.45) is 5.41 Å². The van der Waals surface area contributed by atoms with E-state index < -0.39 is 0 Å². The standard InChI is InChI=1S/C19H32N4O2/c1-18(2,3)16-20-15(21-25-16)14-22-10-7-11-23(13-12-22)17(24)19(4)8-5-6-9-19/h5-14H2,1-4H3. The van der Waals surface area contributed by atoms with Crippen LogP contribution in [0.3, 0.4) is 0 Å². The van der Waals surface area contributed by atoms with Gasteiger partial charge >= 0.3 is 0 Å². The molecule has 1 aliphatic carbocycles. The van der Waals surface area contributed by atoms with Crippen molar-refractivity contribution in [1.82, 2.24) is 19.9 Å². The third-order valence-corrected chi connectivity index (χ3v) is 5.57. The lowest BCUT2D eigenvalue weighted by Crippen LogP contribution is -2.43. The maximum absolute atomic E-state index is 12.9. The first-order chi connectivity index (χ1) is 11.8. The molecule has 0 atom stereocenters. The van der Waals surface area contributed by atoms with Gasteiger partial charge in [0.25, 0.3) is 0 Å². The van der Waals surface area contributed by atoms with E-state index in [4.69, 9.17) is 4.52 Å². The highest BCUT2D eigenvalue weighted by Crippen LogP contribution is 2.39. The van der Waals surface area contributed by atoms with Crippen molar-refractivity contribution in [3.05, 3.63) is 11.7 Å². The van der Waals surface area contributed by atoms with Gasteiger partial charge in [0.05, 0.1) is 6.54 Å². The van der Waals surface area contributed by atoms with E-state index in [0.717, 1.165) is 51.3 Å². The number of carbonyl (C=O) groups excluding carboxylic acids is 1. The Bertz CT molecular complexity index is 599. The summed E-state index contributed by atoms with van der Waals surface area (Å²) in [6, 6.07) is 0. The van der Waals surface area contributed by atoms with Crippen LogP contribution >= 0.6 is 0 Å². The summed E-state index contributed by atoms with van der Waals surface area (Å²) in [5.41, 5.74) is -0.242. The first-order valence-corrected chi connectivity index (χ1v) is 9.63. The summed E-state index contributed by atoms with van der Waals surface area (Å²) in [5.74, 6) is 1.79. The minimum absolute atomic E-state index is 0.121. The SMILES string of the molecule is CC1(C(=O)N2CCCN(Cc3noc(C(C)(C)C)n3)CC2)CCCC1. The molecular formula is C19H32N4O2. The summed E-state index contributed by atoms with van der Waals surface area (Å²) in [5, 5.41) is 4.13. The number of carbonyl (C=O) groups is 1. The Hall–Kier alpha value is -1.43. The van der Waals surface area contributed by atoms with Crippen LogP contribution in [-0.4, -0.2) is 52.0 Å². The number of nitrogens with zero attached hydrogens (tertiary/aromatic N) is 4. The second-order valence-electron chi connectivity index (χ2n) is 8.96. The number of hydrogen-bond donors (Lipinski definition) is 0. The van der Waals surface area contributed by atoms with E-state index in [0.29, 0.717) is 18.3 Å². The van der Waals surface area contributed by atoms with Crippen LogP contribution in [0.1, 0.15) is 71.5 Å². The number of rotatable bonds is 3. The van der Waals surface area contributed by atoms with Crippen LogP contribution in [0.2, 0.25) is 0 Å². The summed E-state index contributed by atoms with van der Waals surface area (Å²) in [6.45, 7) is 12.6. The molecule has 1 saturated heterocycles. The van der Waals surface area contributed by atoms with Crippen LogP contribution in [0, 0.1) is 5.41 Å². The first-order valence-electron chi connectivity index (χ1n) is 9.63. The van der Waals surface area contributed by atoms with E-state index in [1.165, 1.54) is 12.8 Å². The highest BCUT2D eigenvalue weighted by Gasteiger charge is 2.39. The zero-order valence-electron chi connectivity index (χ0n) is 16.2. The van der Waals surface area contributed by atoms with Gasteiger partial charge in [0.15, 0.2) is 5.82 Å². The van der Waals surface area contributed by atoms with Crippen LogP contribution in [0.25, 0.3) is 0 Å². The second kappa shape index (κ2) is 7.06. The van der Waals surface area contributed by atoms with Crippen LogP contribution in [0.15, 0.2) is 4.52 Å². The lowest BCUT2D eigenvalue weighted by atomic mass is 9.87. The lowest BCUT2D eigenvalue weighted by molar-refractivity contribution is -0.140. The summed E-state index contributed by atoms with van der Waals surface area (Å²) in [4.78, 5) is 21.9. The zero-order chi connectivity index (χ0) is 18.1. The molecule has 2 fully saturated rings. The highest BCUT2D eigenvalue weighted by atomic mass is 16.5. The van der Waals surface area contributed by atoms with Gasteiger partial charge in [-0.1, -0.05) is 45.7 Å². The van der Waals surface area contributed by atoms with E-state index in [-0.39, 0.29) is 10.8 Å². The smallest absolute Gasteiger partial charge is 0.232 e. The molecule has 1 aliphatic heterocycles. The van der Waals surface area contributed by atoms with Gasteiger partial charge in [0.1, 0.15) is 0 Å². The molecular weight excluding hydrogens is 316 g/mol. The second-order valence-corrected chi connectivity index (χ2v) is 8.96. The topological polar surface area (TPSA) is 62.5 Å². The van der Waals surface area contributed by atoms with Gasteiger partial charge < -0.3 is 9.42 Å². The Morgan fingerprint density at radius 1 is 1.12 bits per heavy atom. The predicted octanol–water partition coefficient (Wildman–Crippen LogP) is 2.98. The van der Waals surface area contributed by atoms with Gasteiger partial charge in [-0.2, -0.15) is 4.98 Å². The molecule has 1 saturated carbocycles. The molecule has 0 spiro atoms. The maximum atomic E-state index is 12.9. The zero-order valence-corrected chi connectivity index (χ0v) is 16.2. The van der Waals surface area contributed by atoms with Gasteiger partial charge in [-0.05, 0) is 19.3 Å². The predicted molar refractivity (Wildman–Crippen MR) is 96.0 cm³/mol. The van der Waals surface area contributed by atoms with Crippen LogP contribution in [-0.2, 0) is 16.8 Å². The average Bonchev–Trinajstić information content (AvgIpc) is 3.13. The van der Waals surface area contributed by atoms with E-state index in [1.807, 2.05) is 0 Å². The van der Waals surface area contributed by atoms with Crippen molar-refractivity contribution in [1.29, 1.82) is 0 Å². The van der Waals surface area contributed by atoms with Crippen molar-refractivity contribution in [2.75, 3.05) is 26.2 Å². The van der Waals surface area contributed by atoms with Gasteiger partial charge in [0.2, 0.25) is 11.8 Å². The summed E-state index contributed by atoms with van der Waals surface area (Å²) >= 11 is 0. The Morgan fingerprint density at radius 3 is 2.48 bits per heavy atom. The van der Waals surface area contributed by atoms with E-state index in [1.54, 1.807) is 0 Å². The van der Waals surface area contributed by atoms with Crippen molar-refractivity contribution < 1.29 is 9.32 Å². The minimum Gasteiger partial charge on any atom is -0.341 e. The van der Waals surface area contributed by atoms with Crippen LogP contribution in [0.4, 0.5) is 0 Å². The Balaban J connectivity index is 1.56. The average molecular weight is 348 g/mol. The maximum Gasteiger partial charge on any atom is 0.232 e. The fraction of sp³-hybridized carbons (Fsp3) is 0.842. The molecule has 25 heavy (non-hydrogen) atoms. The molecule has 1 amide bonds. The molecule has 0 N–H and O–H groups in total. The molecule has 3 rings (SSSR count). The van der Waals surface area contributed by atoms with Crippen molar-refractivity contribution in [3.63, 3.8) is 0 Å². The Labute approximate surface area is 150 Å². The van der Waals surface area contributed by atoms with Crippen molar-refractivity contribution in [3.8, 4) is 0 Å². The molecule has 0 radical (unpaired) electrons. The third kappa shape index (κ3) is 4.22. The molecule has 0 bridgehead atoms. The monoisotopic (exact) mass is 348 g/mol. The molecule has 140 valence electrons. The molecule has 6 nitrogen and oxygen atoms in total. The van der Waals surface area contributed by atoms with E-state index in [2.05, 4.69) is 47.6 Å². The normalized spacial score (nSPS) is 22.2. The molecule has 2 aliphatic rings. The molecule has 6 heteroatoms. The van der Waals surface area contributed by atoms with Gasteiger partial charge in [-0.25, -0.2) is 0 Å². The Morgan fingerprint density at radius 2 is 1.84 bits per heavy atom. The quantitative estimate of drug-likeness (QED) is 0.840. The molecule has 2 heterocycles. The molecule has 0 unspecified atom stereocenters. The van der Waals surface area contributed by atoms with Crippen LogP contribution < -0.4 is 0 Å². The molecule has 1 aromatic heterocycles. The van der Waals surface area contributed by atoms with Crippen molar-refractivity contribution >= 4 is 5.91 Å². The van der Waals surface area contributed by atoms with E-state index in [9.17, 15) is 4.79 Å². The first kappa shape index (κ1) is 18.4. The minimum atomic E-state index is -0.121. The summed E-state index contributed by atoms with van der Waals surface area (Å²) in [7, 11) is 0. The number of hydrogen-bond acceptors (Lipinski definition) is 5. The molecule has 1 aromatic rings. The van der Waals surface area contributed by atoms with Gasteiger partial charge in [0, 0.05) is 37.0 Å². The highest BCUT2D eigenvalue weighted by molar-refractivity contribution is 5.82. The van der Waals surface area contributed by atoms with Gasteiger partial charge in [-0.15, -0.1) is 0 Å². The largest absolute Gasteiger partial charge is 0.341 e. The fourth-order valence-electron chi connectivity index (χ4n) is 3.91. The van der Waals surface area contributed by atoms with Gasteiger partial charge in [-0.3, -0.25) is 9.69 Å². The summed E-state index contributed by atoms with van der Waals surface area (Å²) < 4.78 is 5.39. The Kier molecular flexibility index (Phi) is 5.19.